The molecular weight excluding hydrogens is 360 g/mol. The molecule has 2 aromatic heterocycles. The van der Waals surface area contributed by atoms with Gasteiger partial charge in [-0.1, -0.05) is 0 Å². The summed E-state index contributed by atoms with van der Waals surface area (Å²) in [5.41, 5.74) is 1.71. The van der Waals surface area contributed by atoms with Crippen molar-refractivity contribution in [2.75, 3.05) is 37.7 Å². The Balaban J connectivity index is 1.40. The molecule has 1 atom stereocenters. The lowest BCUT2D eigenvalue weighted by Gasteiger charge is -2.37. The van der Waals surface area contributed by atoms with Crippen molar-refractivity contribution in [1.29, 1.82) is 0 Å². The van der Waals surface area contributed by atoms with Crippen LogP contribution in [0.4, 0.5) is 0 Å². The molecule has 7 nitrogen and oxygen atoms in total. The molecule has 9 heteroatoms. The number of sulfone groups is 1. The highest BCUT2D eigenvalue weighted by molar-refractivity contribution is 7.91. The summed E-state index contributed by atoms with van der Waals surface area (Å²) >= 11 is 1.49. The van der Waals surface area contributed by atoms with E-state index in [4.69, 9.17) is 0 Å². The molecule has 2 aliphatic rings. The van der Waals surface area contributed by atoms with E-state index in [-0.39, 0.29) is 11.6 Å². The quantitative estimate of drug-likeness (QED) is 0.764. The number of hydrogen-bond donors (Lipinski definition) is 0. The van der Waals surface area contributed by atoms with Gasteiger partial charge in [0, 0.05) is 55.9 Å². The van der Waals surface area contributed by atoms with Crippen molar-refractivity contribution in [3.05, 3.63) is 33.2 Å². The molecule has 0 saturated carbocycles. The van der Waals surface area contributed by atoms with Crippen LogP contribution < -0.4 is 5.56 Å². The third-order valence-electron chi connectivity index (χ3n) is 5.15. The van der Waals surface area contributed by atoms with Gasteiger partial charge in [0.25, 0.3) is 5.56 Å². The standard InChI is InChI=1S/C16H22N4O3S2/c1-12-10-24-16-17-13(8-15(21)20(12)16)9-18-3-5-19(6-4-18)14-2-7-25(22,23)11-14/h8,10,14H,2-7,9,11H2,1H3/t14-/m0/s1. The maximum absolute atomic E-state index is 12.3. The highest BCUT2D eigenvalue weighted by Gasteiger charge is 2.33. The van der Waals surface area contributed by atoms with Gasteiger partial charge < -0.3 is 0 Å². The zero-order chi connectivity index (χ0) is 17.6. The highest BCUT2D eigenvalue weighted by atomic mass is 32.2. The van der Waals surface area contributed by atoms with Gasteiger partial charge in [0.05, 0.1) is 17.2 Å². The molecule has 0 aromatic carbocycles. The molecular formula is C16H22N4O3S2. The number of aromatic nitrogens is 2. The third kappa shape index (κ3) is 3.51. The Labute approximate surface area is 150 Å². The molecule has 25 heavy (non-hydrogen) atoms. The summed E-state index contributed by atoms with van der Waals surface area (Å²) in [4.78, 5) is 22.2. The summed E-state index contributed by atoms with van der Waals surface area (Å²) in [6, 6.07) is 1.81. The summed E-state index contributed by atoms with van der Waals surface area (Å²) in [6.45, 7) is 6.08. The number of piperazine rings is 1. The number of nitrogens with zero attached hydrogens (tertiary/aromatic N) is 4. The van der Waals surface area contributed by atoms with Crippen molar-refractivity contribution in [2.45, 2.75) is 25.9 Å². The van der Waals surface area contributed by atoms with E-state index in [1.807, 2.05) is 12.3 Å². The fourth-order valence-electron chi connectivity index (χ4n) is 3.76. The van der Waals surface area contributed by atoms with Crippen molar-refractivity contribution in [3.8, 4) is 0 Å². The van der Waals surface area contributed by atoms with Crippen molar-refractivity contribution < 1.29 is 8.42 Å². The molecule has 0 bridgehead atoms. The Bertz CT molecular complexity index is 942. The zero-order valence-electron chi connectivity index (χ0n) is 14.2. The second-order valence-electron chi connectivity index (χ2n) is 6.95. The monoisotopic (exact) mass is 382 g/mol. The Morgan fingerprint density at radius 1 is 1.28 bits per heavy atom. The van der Waals surface area contributed by atoms with Gasteiger partial charge in [0.1, 0.15) is 0 Å². The summed E-state index contributed by atoms with van der Waals surface area (Å²) in [7, 11) is -2.83. The molecule has 136 valence electrons. The average molecular weight is 383 g/mol. The van der Waals surface area contributed by atoms with E-state index >= 15 is 0 Å². The van der Waals surface area contributed by atoms with Crippen LogP contribution in [0.1, 0.15) is 17.8 Å². The molecule has 2 saturated heterocycles. The third-order valence-corrected chi connectivity index (χ3v) is 7.84. The van der Waals surface area contributed by atoms with E-state index < -0.39 is 9.84 Å². The van der Waals surface area contributed by atoms with Crippen LogP contribution in [0.2, 0.25) is 0 Å². The first kappa shape index (κ1) is 17.1. The van der Waals surface area contributed by atoms with Crippen LogP contribution in [0.25, 0.3) is 4.96 Å². The summed E-state index contributed by atoms with van der Waals surface area (Å²) in [6.07, 6.45) is 0.759. The van der Waals surface area contributed by atoms with Crippen molar-refractivity contribution in [2.24, 2.45) is 0 Å². The van der Waals surface area contributed by atoms with E-state index in [2.05, 4.69) is 14.8 Å². The second kappa shape index (κ2) is 6.46. The molecule has 0 amide bonds. The topological polar surface area (TPSA) is 75.0 Å². The molecule has 2 aromatic rings. The zero-order valence-corrected chi connectivity index (χ0v) is 15.9. The fourth-order valence-corrected chi connectivity index (χ4v) is 6.41. The largest absolute Gasteiger partial charge is 0.297 e. The predicted molar refractivity (Wildman–Crippen MR) is 98.0 cm³/mol. The minimum absolute atomic E-state index is 0.0199. The Kier molecular flexibility index (Phi) is 4.43. The molecule has 4 rings (SSSR count). The normalized spacial score (nSPS) is 24.9. The molecule has 2 fully saturated rings. The van der Waals surface area contributed by atoms with Crippen LogP contribution in [-0.2, 0) is 16.4 Å². The lowest BCUT2D eigenvalue weighted by Crippen LogP contribution is -2.50. The SMILES string of the molecule is Cc1csc2nc(CN3CCN([C@H]4CCS(=O)(=O)C4)CC3)cc(=O)n12. The first-order valence-corrected chi connectivity index (χ1v) is 11.2. The molecule has 4 heterocycles. The van der Waals surface area contributed by atoms with Crippen LogP contribution in [-0.4, -0.2) is 71.3 Å². The maximum atomic E-state index is 12.3. The molecule has 0 unspecified atom stereocenters. The van der Waals surface area contributed by atoms with Gasteiger partial charge in [-0.15, -0.1) is 11.3 Å². The number of hydrogen-bond acceptors (Lipinski definition) is 7. The Morgan fingerprint density at radius 2 is 2.04 bits per heavy atom. The number of thiazole rings is 1. The van der Waals surface area contributed by atoms with Gasteiger partial charge in [-0.2, -0.15) is 0 Å². The lowest BCUT2D eigenvalue weighted by molar-refractivity contribution is 0.0993. The molecule has 2 aliphatic heterocycles. The first-order chi connectivity index (χ1) is 11.9. The highest BCUT2D eigenvalue weighted by Crippen LogP contribution is 2.20. The lowest BCUT2D eigenvalue weighted by atomic mass is 10.2. The van der Waals surface area contributed by atoms with E-state index in [9.17, 15) is 13.2 Å². The molecule has 0 spiro atoms. The van der Waals surface area contributed by atoms with Crippen LogP contribution in [0.15, 0.2) is 16.2 Å². The van der Waals surface area contributed by atoms with E-state index in [1.54, 1.807) is 10.5 Å². The van der Waals surface area contributed by atoms with Gasteiger partial charge in [-0.05, 0) is 13.3 Å². The van der Waals surface area contributed by atoms with Crippen molar-refractivity contribution in [3.63, 3.8) is 0 Å². The minimum atomic E-state index is -2.83. The molecule has 0 aliphatic carbocycles. The van der Waals surface area contributed by atoms with Gasteiger partial charge in [-0.3, -0.25) is 19.0 Å². The minimum Gasteiger partial charge on any atom is -0.297 e. The van der Waals surface area contributed by atoms with Crippen molar-refractivity contribution in [1.82, 2.24) is 19.2 Å². The van der Waals surface area contributed by atoms with Crippen LogP contribution >= 0.6 is 11.3 Å². The molecule has 0 N–H and O–H groups in total. The number of rotatable bonds is 3. The summed E-state index contributed by atoms with van der Waals surface area (Å²) in [5.74, 6) is 0.631. The van der Waals surface area contributed by atoms with E-state index in [0.29, 0.717) is 18.1 Å². The molecule has 0 radical (unpaired) electrons. The Hall–Kier alpha value is -1.29. The summed E-state index contributed by atoms with van der Waals surface area (Å²) in [5, 5.41) is 1.95. The van der Waals surface area contributed by atoms with Crippen LogP contribution in [0, 0.1) is 6.92 Å². The van der Waals surface area contributed by atoms with Gasteiger partial charge >= 0.3 is 0 Å². The fraction of sp³-hybridized carbons (Fsp3) is 0.625. The predicted octanol–water partition coefficient (Wildman–Crippen LogP) is 0.369. The smallest absolute Gasteiger partial charge is 0.259 e. The van der Waals surface area contributed by atoms with Gasteiger partial charge in [-0.25, -0.2) is 13.4 Å². The first-order valence-electron chi connectivity index (χ1n) is 8.55. The van der Waals surface area contributed by atoms with Gasteiger partial charge in [0.15, 0.2) is 14.8 Å². The number of fused-ring (bicyclic) bond motifs is 1. The second-order valence-corrected chi connectivity index (χ2v) is 10.0. The van der Waals surface area contributed by atoms with Crippen LogP contribution in [0.5, 0.6) is 0 Å². The summed E-state index contributed by atoms with van der Waals surface area (Å²) < 4.78 is 25.0. The average Bonchev–Trinajstić information content (AvgIpc) is 3.11. The Morgan fingerprint density at radius 3 is 2.72 bits per heavy atom. The maximum Gasteiger partial charge on any atom is 0.259 e. The van der Waals surface area contributed by atoms with Crippen molar-refractivity contribution >= 4 is 26.1 Å². The van der Waals surface area contributed by atoms with E-state index in [0.717, 1.165) is 48.9 Å². The van der Waals surface area contributed by atoms with Crippen LogP contribution in [0.3, 0.4) is 0 Å². The van der Waals surface area contributed by atoms with Gasteiger partial charge in [0.2, 0.25) is 0 Å². The van der Waals surface area contributed by atoms with E-state index in [1.165, 1.54) is 11.3 Å². The number of aryl methyl sites for hydroxylation is 1.